The summed E-state index contributed by atoms with van der Waals surface area (Å²) in [5, 5.41) is 29.7. The van der Waals surface area contributed by atoms with Crippen molar-refractivity contribution < 1.29 is 10.2 Å². The van der Waals surface area contributed by atoms with Gasteiger partial charge in [-0.25, -0.2) is 0 Å². The molecule has 17 heavy (non-hydrogen) atoms. The number of nitrogens with one attached hydrogen (secondary N) is 1. The van der Waals surface area contributed by atoms with E-state index < -0.39 is 0 Å². The van der Waals surface area contributed by atoms with Crippen LogP contribution in [0.5, 0.6) is 11.5 Å². The zero-order valence-electron chi connectivity index (χ0n) is 8.75. The van der Waals surface area contributed by atoms with Crippen LogP contribution in [0, 0.1) is 0 Å². The van der Waals surface area contributed by atoms with Crippen LogP contribution in [0.15, 0.2) is 36.4 Å². The molecule has 1 heterocycles. The number of aromatic amines is 1. The second-order valence-corrected chi connectivity index (χ2v) is 3.71. The van der Waals surface area contributed by atoms with E-state index in [2.05, 4.69) is 15.4 Å². The van der Waals surface area contributed by atoms with Crippen LogP contribution >= 0.6 is 0 Å². The molecule has 1 aromatic heterocycles. The Morgan fingerprint density at radius 3 is 2.76 bits per heavy atom. The average molecular weight is 227 g/mol. The van der Waals surface area contributed by atoms with Crippen LogP contribution in [-0.2, 0) is 0 Å². The molecule has 5 nitrogen and oxygen atoms in total. The van der Waals surface area contributed by atoms with E-state index in [1.54, 1.807) is 0 Å². The highest BCUT2D eigenvalue weighted by Crippen LogP contribution is 2.35. The fourth-order valence-electron chi connectivity index (χ4n) is 1.83. The summed E-state index contributed by atoms with van der Waals surface area (Å²) in [6.07, 6.45) is 0. The monoisotopic (exact) mass is 227 g/mol. The molecule has 0 amide bonds. The lowest BCUT2D eigenvalue weighted by Gasteiger charge is -2.05. The van der Waals surface area contributed by atoms with Crippen molar-refractivity contribution in [1.29, 1.82) is 0 Å². The number of nitrogens with zero attached hydrogens (tertiary/aromatic N) is 2. The van der Waals surface area contributed by atoms with Gasteiger partial charge in [-0.2, -0.15) is 0 Å². The molecular formula is C12H9N3O2. The highest BCUT2D eigenvalue weighted by Gasteiger charge is 2.11. The standard InChI is InChI=1S/C12H9N3O2/c16-7-4-5-11(17)9(6-7)8-2-1-3-10-12(8)14-15-13-10/h1-6,16-17H,(H,13,14,15). The van der Waals surface area contributed by atoms with E-state index in [0.29, 0.717) is 11.1 Å². The van der Waals surface area contributed by atoms with Gasteiger partial charge in [-0.1, -0.05) is 17.3 Å². The molecule has 2 aromatic carbocycles. The lowest BCUT2D eigenvalue weighted by molar-refractivity contribution is 0.462. The maximum atomic E-state index is 9.82. The Morgan fingerprint density at radius 2 is 1.88 bits per heavy atom. The number of hydrogen-bond acceptors (Lipinski definition) is 4. The van der Waals surface area contributed by atoms with Crippen LogP contribution in [0.25, 0.3) is 22.2 Å². The van der Waals surface area contributed by atoms with Crippen LogP contribution in [0.1, 0.15) is 0 Å². The van der Waals surface area contributed by atoms with E-state index in [1.807, 2.05) is 18.2 Å². The van der Waals surface area contributed by atoms with Gasteiger partial charge in [-0.15, -0.1) is 5.10 Å². The first-order chi connectivity index (χ1) is 8.25. The molecule has 3 aromatic rings. The first kappa shape index (κ1) is 9.65. The number of rotatable bonds is 1. The number of benzene rings is 2. The van der Waals surface area contributed by atoms with Crippen molar-refractivity contribution >= 4 is 11.0 Å². The molecule has 0 saturated carbocycles. The number of H-pyrrole nitrogens is 1. The smallest absolute Gasteiger partial charge is 0.123 e. The van der Waals surface area contributed by atoms with Gasteiger partial charge in [-0.05, 0) is 24.3 Å². The van der Waals surface area contributed by atoms with E-state index in [9.17, 15) is 10.2 Å². The Balaban J connectivity index is 2.34. The summed E-state index contributed by atoms with van der Waals surface area (Å²) in [5.74, 6) is 0.191. The van der Waals surface area contributed by atoms with E-state index in [4.69, 9.17) is 0 Å². The number of aromatic hydroxyl groups is 2. The van der Waals surface area contributed by atoms with Gasteiger partial charge >= 0.3 is 0 Å². The quantitative estimate of drug-likeness (QED) is 0.555. The topological polar surface area (TPSA) is 82.0 Å². The third-order valence-corrected chi connectivity index (χ3v) is 2.63. The second kappa shape index (κ2) is 3.48. The maximum Gasteiger partial charge on any atom is 0.123 e. The van der Waals surface area contributed by atoms with Crippen molar-refractivity contribution in [2.24, 2.45) is 0 Å². The average Bonchev–Trinajstić information content (AvgIpc) is 2.80. The van der Waals surface area contributed by atoms with E-state index in [1.165, 1.54) is 18.2 Å². The molecule has 0 fully saturated rings. The Bertz CT molecular complexity index is 691. The van der Waals surface area contributed by atoms with Crippen LogP contribution < -0.4 is 0 Å². The summed E-state index contributed by atoms with van der Waals surface area (Å²) < 4.78 is 0. The first-order valence-electron chi connectivity index (χ1n) is 5.08. The zero-order chi connectivity index (χ0) is 11.8. The molecule has 3 rings (SSSR count). The minimum atomic E-state index is 0.0956. The van der Waals surface area contributed by atoms with Gasteiger partial charge in [0.15, 0.2) is 0 Å². The van der Waals surface area contributed by atoms with Crippen molar-refractivity contribution in [2.75, 3.05) is 0 Å². The number of phenols is 2. The third kappa shape index (κ3) is 1.48. The summed E-state index contributed by atoms with van der Waals surface area (Å²) in [6, 6.07) is 9.88. The predicted molar refractivity (Wildman–Crippen MR) is 62.7 cm³/mol. The van der Waals surface area contributed by atoms with Gasteiger partial charge in [0.2, 0.25) is 0 Å². The van der Waals surface area contributed by atoms with Crippen LogP contribution in [0.4, 0.5) is 0 Å². The van der Waals surface area contributed by atoms with Crippen molar-refractivity contribution in [3.8, 4) is 22.6 Å². The summed E-state index contributed by atoms with van der Waals surface area (Å²) in [6.45, 7) is 0. The Hall–Kier alpha value is -2.56. The van der Waals surface area contributed by atoms with Gasteiger partial charge in [-0.3, -0.25) is 5.10 Å². The second-order valence-electron chi connectivity index (χ2n) is 3.71. The lowest BCUT2D eigenvalue weighted by atomic mass is 10.0. The molecule has 0 saturated heterocycles. The van der Waals surface area contributed by atoms with Gasteiger partial charge < -0.3 is 10.2 Å². The normalized spacial score (nSPS) is 10.8. The van der Waals surface area contributed by atoms with Crippen LogP contribution in [0.3, 0.4) is 0 Å². The maximum absolute atomic E-state index is 9.82. The van der Waals surface area contributed by atoms with E-state index in [-0.39, 0.29) is 11.5 Å². The van der Waals surface area contributed by atoms with Crippen LogP contribution in [-0.4, -0.2) is 25.6 Å². The minimum Gasteiger partial charge on any atom is -0.508 e. The van der Waals surface area contributed by atoms with E-state index >= 15 is 0 Å². The Kier molecular flexibility index (Phi) is 1.98. The predicted octanol–water partition coefficient (Wildman–Crippen LogP) is 2.04. The highest BCUT2D eigenvalue weighted by atomic mass is 16.3. The van der Waals surface area contributed by atoms with Gasteiger partial charge in [0.1, 0.15) is 17.0 Å². The van der Waals surface area contributed by atoms with Crippen LogP contribution in [0.2, 0.25) is 0 Å². The SMILES string of the molecule is Oc1ccc(O)c(-c2cccc3[nH]nnc23)c1. The Morgan fingerprint density at radius 1 is 1.00 bits per heavy atom. The molecule has 0 atom stereocenters. The first-order valence-corrected chi connectivity index (χ1v) is 5.08. The number of phenolic OH excluding ortho intramolecular Hbond substituents is 2. The van der Waals surface area contributed by atoms with Crippen molar-refractivity contribution in [3.63, 3.8) is 0 Å². The summed E-state index contributed by atoms with van der Waals surface area (Å²) in [5.41, 5.74) is 2.70. The fourth-order valence-corrected chi connectivity index (χ4v) is 1.83. The molecule has 0 aliphatic rings. The van der Waals surface area contributed by atoms with Gasteiger partial charge in [0, 0.05) is 11.1 Å². The largest absolute Gasteiger partial charge is 0.508 e. The minimum absolute atomic E-state index is 0.0956. The molecule has 0 aliphatic heterocycles. The molecule has 0 spiro atoms. The fraction of sp³-hybridized carbons (Fsp3) is 0. The molecule has 84 valence electrons. The molecule has 0 radical (unpaired) electrons. The summed E-state index contributed by atoms with van der Waals surface area (Å²) >= 11 is 0. The molecular weight excluding hydrogens is 218 g/mol. The number of hydrogen-bond donors (Lipinski definition) is 3. The highest BCUT2D eigenvalue weighted by molar-refractivity contribution is 5.93. The molecule has 5 heteroatoms. The number of fused-ring (bicyclic) bond motifs is 1. The molecule has 0 aliphatic carbocycles. The van der Waals surface area contributed by atoms with Crippen molar-refractivity contribution in [3.05, 3.63) is 36.4 Å². The molecule has 0 unspecified atom stereocenters. The van der Waals surface area contributed by atoms with Crippen molar-refractivity contribution in [2.45, 2.75) is 0 Å². The lowest BCUT2D eigenvalue weighted by Crippen LogP contribution is -1.82. The molecule has 0 bridgehead atoms. The summed E-state index contributed by atoms with van der Waals surface area (Å²) in [4.78, 5) is 0. The molecule has 3 N–H and O–H groups in total. The number of aromatic nitrogens is 3. The van der Waals surface area contributed by atoms with E-state index in [0.717, 1.165) is 11.1 Å². The summed E-state index contributed by atoms with van der Waals surface area (Å²) in [7, 11) is 0. The van der Waals surface area contributed by atoms with Gasteiger partial charge in [0.25, 0.3) is 0 Å². The zero-order valence-corrected chi connectivity index (χ0v) is 8.75. The van der Waals surface area contributed by atoms with Crippen molar-refractivity contribution in [1.82, 2.24) is 15.4 Å². The third-order valence-electron chi connectivity index (χ3n) is 2.63. The van der Waals surface area contributed by atoms with Gasteiger partial charge in [0.05, 0.1) is 5.52 Å². The Labute approximate surface area is 96.3 Å².